The highest BCUT2D eigenvalue weighted by atomic mass is 16.1. The Morgan fingerprint density at radius 3 is 2.93 bits per heavy atom. The zero-order chi connectivity index (χ0) is 10.1. The lowest BCUT2D eigenvalue weighted by Gasteiger charge is -2.04. The summed E-state index contributed by atoms with van der Waals surface area (Å²) in [7, 11) is 0. The van der Waals surface area contributed by atoms with Crippen LogP contribution in [-0.2, 0) is 11.3 Å². The molecule has 3 heteroatoms. The normalized spacial score (nSPS) is 10.6. The van der Waals surface area contributed by atoms with Gasteiger partial charge in [-0.3, -0.25) is 4.79 Å². The monoisotopic (exact) mass is 188 g/mol. The number of hydrogen-bond acceptors (Lipinski definition) is 1. The minimum Gasteiger partial charge on any atom is -0.368 e. The van der Waals surface area contributed by atoms with Crippen molar-refractivity contribution in [3.8, 4) is 0 Å². The fourth-order valence-corrected chi connectivity index (χ4v) is 1.75. The van der Waals surface area contributed by atoms with Crippen LogP contribution in [0, 0.1) is 6.92 Å². The zero-order valence-corrected chi connectivity index (χ0v) is 8.03. The number of carbonyl (C=O) groups excluding carboxylic acids is 1. The van der Waals surface area contributed by atoms with E-state index in [9.17, 15) is 4.79 Å². The van der Waals surface area contributed by atoms with Gasteiger partial charge in [-0.25, -0.2) is 0 Å². The molecule has 1 aromatic heterocycles. The Morgan fingerprint density at radius 2 is 2.21 bits per heavy atom. The summed E-state index contributed by atoms with van der Waals surface area (Å²) in [6.07, 6.45) is 1.89. The second-order valence-electron chi connectivity index (χ2n) is 3.42. The number of benzene rings is 1. The van der Waals surface area contributed by atoms with Crippen LogP contribution in [0.2, 0.25) is 0 Å². The maximum absolute atomic E-state index is 10.8. The smallest absolute Gasteiger partial charge is 0.237 e. The summed E-state index contributed by atoms with van der Waals surface area (Å²) in [6, 6.07) is 8.05. The highest BCUT2D eigenvalue weighted by Crippen LogP contribution is 2.19. The van der Waals surface area contributed by atoms with Crippen molar-refractivity contribution in [3.05, 3.63) is 36.0 Å². The van der Waals surface area contributed by atoms with Crippen molar-refractivity contribution in [2.24, 2.45) is 5.73 Å². The van der Waals surface area contributed by atoms with Crippen molar-refractivity contribution in [1.82, 2.24) is 4.57 Å². The van der Waals surface area contributed by atoms with E-state index in [1.54, 1.807) is 0 Å². The first-order chi connectivity index (χ1) is 6.68. The minimum atomic E-state index is -0.314. The minimum absolute atomic E-state index is 0.244. The molecular formula is C11H12N2O. The molecule has 0 saturated heterocycles. The average molecular weight is 188 g/mol. The number of carbonyl (C=O) groups is 1. The van der Waals surface area contributed by atoms with Crippen molar-refractivity contribution in [1.29, 1.82) is 0 Å². The van der Waals surface area contributed by atoms with E-state index in [1.165, 1.54) is 0 Å². The number of aromatic nitrogens is 1. The summed E-state index contributed by atoms with van der Waals surface area (Å²) >= 11 is 0. The molecule has 0 saturated carbocycles. The molecule has 2 aromatic rings. The topological polar surface area (TPSA) is 48.0 Å². The van der Waals surface area contributed by atoms with Crippen LogP contribution in [0.3, 0.4) is 0 Å². The SMILES string of the molecule is Cc1cccc2ccn(CC(N)=O)c12. The molecule has 3 nitrogen and oxygen atoms in total. The Kier molecular flexibility index (Phi) is 2.00. The molecule has 72 valence electrons. The number of nitrogens with zero attached hydrogens (tertiary/aromatic N) is 1. The largest absolute Gasteiger partial charge is 0.368 e. The molecule has 1 heterocycles. The van der Waals surface area contributed by atoms with Gasteiger partial charge in [-0.1, -0.05) is 18.2 Å². The second-order valence-corrected chi connectivity index (χ2v) is 3.42. The van der Waals surface area contributed by atoms with Gasteiger partial charge in [-0.15, -0.1) is 0 Å². The molecule has 1 aromatic carbocycles. The lowest BCUT2D eigenvalue weighted by molar-refractivity contribution is -0.118. The van der Waals surface area contributed by atoms with Gasteiger partial charge in [0, 0.05) is 6.20 Å². The zero-order valence-electron chi connectivity index (χ0n) is 8.03. The molecule has 0 aliphatic rings. The van der Waals surface area contributed by atoms with Gasteiger partial charge in [0.1, 0.15) is 6.54 Å². The summed E-state index contributed by atoms with van der Waals surface area (Å²) in [4.78, 5) is 10.8. The van der Waals surface area contributed by atoms with E-state index in [1.807, 2.05) is 42.0 Å². The molecule has 0 radical (unpaired) electrons. The summed E-state index contributed by atoms with van der Waals surface area (Å²) in [5.41, 5.74) is 7.42. The van der Waals surface area contributed by atoms with E-state index in [-0.39, 0.29) is 12.5 Å². The first-order valence-electron chi connectivity index (χ1n) is 4.51. The number of nitrogens with two attached hydrogens (primary N) is 1. The number of rotatable bonds is 2. The van der Waals surface area contributed by atoms with E-state index < -0.39 is 0 Å². The van der Waals surface area contributed by atoms with Crippen molar-refractivity contribution >= 4 is 16.8 Å². The second kappa shape index (κ2) is 3.18. The molecule has 0 atom stereocenters. The molecule has 0 fully saturated rings. The molecule has 0 aliphatic carbocycles. The summed E-state index contributed by atoms with van der Waals surface area (Å²) in [5, 5.41) is 1.14. The summed E-state index contributed by atoms with van der Waals surface area (Å²) < 4.78 is 1.88. The summed E-state index contributed by atoms with van der Waals surface area (Å²) in [6.45, 7) is 2.27. The number of fused-ring (bicyclic) bond motifs is 1. The van der Waals surface area contributed by atoms with Gasteiger partial charge in [0.25, 0.3) is 0 Å². The summed E-state index contributed by atoms with van der Waals surface area (Å²) in [5.74, 6) is -0.314. The van der Waals surface area contributed by atoms with Crippen molar-refractivity contribution in [2.45, 2.75) is 13.5 Å². The van der Waals surface area contributed by atoms with Crippen LogP contribution in [0.25, 0.3) is 10.9 Å². The molecule has 14 heavy (non-hydrogen) atoms. The van der Waals surface area contributed by atoms with Gasteiger partial charge in [0.15, 0.2) is 0 Å². The first-order valence-corrected chi connectivity index (χ1v) is 4.51. The fraction of sp³-hybridized carbons (Fsp3) is 0.182. The Labute approximate surface area is 82.1 Å². The number of amides is 1. The molecule has 2 rings (SSSR count). The van der Waals surface area contributed by atoms with E-state index in [0.717, 1.165) is 16.5 Å². The van der Waals surface area contributed by atoms with E-state index in [2.05, 4.69) is 0 Å². The molecule has 0 spiro atoms. The van der Waals surface area contributed by atoms with E-state index in [4.69, 9.17) is 5.73 Å². The Bertz CT molecular complexity index is 485. The molecule has 0 unspecified atom stereocenters. The molecule has 1 amide bonds. The third-order valence-electron chi connectivity index (χ3n) is 2.32. The quantitative estimate of drug-likeness (QED) is 0.761. The van der Waals surface area contributed by atoms with Gasteiger partial charge < -0.3 is 10.3 Å². The predicted molar refractivity (Wildman–Crippen MR) is 55.9 cm³/mol. The Hall–Kier alpha value is -1.77. The van der Waals surface area contributed by atoms with Crippen LogP contribution >= 0.6 is 0 Å². The van der Waals surface area contributed by atoms with Crippen LogP contribution in [0.5, 0.6) is 0 Å². The van der Waals surface area contributed by atoms with Gasteiger partial charge in [-0.05, 0) is 23.9 Å². The lowest BCUT2D eigenvalue weighted by Crippen LogP contribution is -2.18. The maximum atomic E-state index is 10.8. The van der Waals surface area contributed by atoms with Gasteiger partial charge >= 0.3 is 0 Å². The van der Waals surface area contributed by atoms with Crippen LogP contribution in [-0.4, -0.2) is 10.5 Å². The van der Waals surface area contributed by atoms with Crippen LogP contribution in [0.15, 0.2) is 30.5 Å². The van der Waals surface area contributed by atoms with Crippen LogP contribution < -0.4 is 5.73 Å². The van der Waals surface area contributed by atoms with Gasteiger partial charge in [-0.2, -0.15) is 0 Å². The molecular weight excluding hydrogens is 176 g/mol. The van der Waals surface area contributed by atoms with Crippen LogP contribution in [0.1, 0.15) is 5.56 Å². The third-order valence-corrected chi connectivity index (χ3v) is 2.32. The van der Waals surface area contributed by atoms with Gasteiger partial charge in [0.05, 0.1) is 5.52 Å². The Balaban J connectivity index is 2.61. The molecule has 0 aliphatic heterocycles. The highest BCUT2D eigenvalue weighted by Gasteiger charge is 2.04. The number of para-hydroxylation sites is 1. The van der Waals surface area contributed by atoms with E-state index in [0.29, 0.717) is 0 Å². The highest BCUT2D eigenvalue weighted by molar-refractivity contribution is 5.85. The number of primary amides is 1. The first kappa shape index (κ1) is 8.81. The third kappa shape index (κ3) is 1.37. The predicted octanol–water partition coefficient (Wildman–Crippen LogP) is 1.44. The van der Waals surface area contributed by atoms with Crippen molar-refractivity contribution < 1.29 is 4.79 Å². The standard InChI is InChI=1S/C11H12N2O/c1-8-3-2-4-9-5-6-13(11(8)9)7-10(12)14/h2-6H,7H2,1H3,(H2,12,14). The molecule has 2 N–H and O–H groups in total. The fourth-order valence-electron chi connectivity index (χ4n) is 1.75. The van der Waals surface area contributed by atoms with Crippen molar-refractivity contribution in [3.63, 3.8) is 0 Å². The number of aryl methyl sites for hydroxylation is 1. The molecule has 0 bridgehead atoms. The van der Waals surface area contributed by atoms with Gasteiger partial charge in [0.2, 0.25) is 5.91 Å². The maximum Gasteiger partial charge on any atom is 0.237 e. The Morgan fingerprint density at radius 1 is 1.43 bits per heavy atom. The lowest BCUT2D eigenvalue weighted by atomic mass is 10.2. The van der Waals surface area contributed by atoms with Crippen molar-refractivity contribution in [2.75, 3.05) is 0 Å². The number of hydrogen-bond donors (Lipinski definition) is 1. The average Bonchev–Trinajstić information content (AvgIpc) is 2.49. The van der Waals surface area contributed by atoms with E-state index >= 15 is 0 Å². The van der Waals surface area contributed by atoms with Crippen LogP contribution in [0.4, 0.5) is 0 Å².